The lowest BCUT2D eigenvalue weighted by molar-refractivity contribution is -0.0501. The number of alkyl halides is 2. The standard InChI is InChI=1S/C14H18F2N2O2.ClH/c15-14(16)20-12-4-2-1-3-11(12)13(19)18-8-6-10-5-7-17-9-10;/h1-4,10,14,17H,5-9H2,(H,18,19);1H. The van der Waals surface area contributed by atoms with Gasteiger partial charge in [-0.1, -0.05) is 12.1 Å². The Bertz CT molecular complexity index is 454. The molecule has 0 saturated carbocycles. The quantitative estimate of drug-likeness (QED) is 0.846. The fourth-order valence-electron chi connectivity index (χ4n) is 2.30. The number of hydrogen-bond acceptors (Lipinski definition) is 3. The molecule has 1 heterocycles. The summed E-state index contributed by atoms with van der Waals surface area (Å²) in [6.45, 7) is -0.410. The van der Waals surface area contributed by atoms with Crippen molar-refractivity contribution in [3.05, 3.63) is 29.8 Å². The zero-order valence-electron chi connectivity index (χ0n) is 11.5. The first-order chi connectivity index (χ1) is 9.66. The molecule has 1 saturated heterocycles. The molecule has 4 nitrogen and oxygen atoms in total. The minimum Gasteiger partial charge on any atom is -0.434 e. The molecule has 0 aliphatic carbocycles. The van der Waals surface area contributed by atoms with Crippen LogP contribution in [0.25, 0.3) is 0 Å². The predicted octanol–water partition coefficient (Wildman–Crippen LogP) is 2.44. The van der Waals surface area contributed by atoms with E-state index in [0.29, 0.717) is 12.5 Å². The Morgan fingerprint density at radius 2 is 2.19 bits per heavy atom. The fourth-order valence-corrected chi connectivity index (χ4v) is 2.30. The Morgan fingerprint density at radius 3 is 2.86 bits per heavy atom. The first-order valence-electron chi connectivity index (χ1n) is 6.69. The Kier molecular flexibility index (Phi) is 7.39. The zero-order valence-corrected chi connectivity index (χ0v) is 12.3. The Hall–Kier alpha value is -1.40. The molecular weight excluding hydrogens is 302 g/mol. The summed E-state index contributed by atoms with van der Waals surface area (Å²) in [6.07, 6.45) is 2.00. The average molecular weight is 321 g/mol. The third-order valence-corrected chi connectivity index (χ3v) is 3.35. The molecule has 1 fully saturated rings. The summed E-state index contributed by atoms with van der Waals surface area (Å²) in [5.41, 5.74) is 0.136. The summed E-state index contributed by atoms with van der Waals surface area (Å²) in [6, 6.07) is 6.01. The van der Waals surface area contributed by atoms with E-state index in [1.807, 2.05) is 0 Å². The van der Waals surface area contributed by atoms with Crippen molar-refractivity contribution in [1.29, 1.82) is 0 Å². The van der Waals surface area contributed by atoms with Crippen molar-refractivity contribution in [2.45, 2.75) is 19.5 Å². The molecule has 0 bridgehead atoms. The van der Waals surface area contributed by atoms with E-state index < -0.39 is 6.61 Å². The van der Waals surface area contributed by atoms with Gasteiger partial charge in [0.15, 0.2) is 0 Å². The van der Waals surface area contributed by atoms with Crippen LogP contribution in [0.3, 0.4) is 0 Å². The van der Waals surface area contributed by atoms with Gasteiger partial charge < -0.3 is 15.4 Å². The predicted molar refractivity (Wildman–Crippen MR) is 78.2 cm³/mol. The van der Waals surface area contributed by atoms with Gasteiger partial charge in [-0.3, -0.25) is 4.79 Å². The van der Waals surface area contributed by atoms with Gasteiger partial charge in [0.1, 0.15) is 5.75 Å². The Morgan fingerprint density at radius 1 is 1.43 bits per heavy atom. The molecule has 1 aromatic rings. The Labute approximate surface area is 128 Å². The molecule has 1 amide bonds. The van der Waals surface area contributed by atoms with E-state index in [1.165, 1.54) is 12.1 Å². The zero-order chi connectivity index (χ0) is 14.4. The van der Waals surface area contributed by atoms with Crippen molar-refractivity contribution in [2.75, 3.05) is 19.6 Å². The van der Waals surface area contributed by atoms with Crippen LogP contribution in [-0.2, 0) is 0 Å². The van der Waals surface area contributed by atoms with Gasteiger partial charge in [0.2, 0.25) is 0 Å². The molecule has 1 unspecified atom stereocenters. The highest BCUT2D eigenvalue weighted by molar-refractivity contribution is 5.96. The molecule has 1 aromatic carbocycles. The van der Waals surface area contributed by atoms with Crippen LogP contribution in [0.5, 0.6) is 5.75 Å². The molecule has 0 radical (unpaired) electrons. The lowest BCUT2D eigenvalue weighted by Gasteiger charge is -2.12. The van der Waals surface area contributed by atoms with Gasteiger partial charge in [-0.05, 0) is 44.0 Å². The summed E-state index contributed by atoms with van der Waals surface area (Å²) >= 11 is 0. The molecule has 0 aromatic heterocycles. The number of amides is 1. The van der Waals surface area contributed by atoms with E-state index in [9.17, 15) is 13.6 Å². The van der Waals surface area contributed by atoms with E-state index in [-0.39, 0.29) is 29.6 Å². The fraction of sp³-hybridized carbons (Fsp3) is 0.500. The summed E-state index contributed by atoms with van der Waals surface area (Å²) in [4.78, 5) is 12.0. The number of ether oxygens (including phenoxy) is 1. The lowest BCUT2D eigenvalue weighted by atomic mass is 10.1. The second kappa shape index (κ2) is 8.79. The maximum atomic E-state index is 12.3. The van der Waals surface area contributed by atoms with Crippen molar-refractivity contribution in [3.8, 4) is 5.75 Å². The van der Waals surface area contributed by atoms with Crippen LogP contribution in [0.15, 0.2) is 24.3 Å². The van der Waals surface area contributed by atoms with Crippen molar-refractivity contribution in [1.82, 2.24) is 10.6 Å². The van der Waals surface area contributed by atoms with Gasteiger partial charge in [0, 0.05) is 6.54 Å². The van der Waals surface area contributed by atoms with Gasteiger partial charge >= 0.3 is 6.61 Å². The molecular formula is C14H19ClF2N2O2. The van der Waals surface area contributed by atoms with E-state index in [1.54, 1.807) is 12.1 Å². The highest BCUT2D eigenvalue weighted by Gasteiger charge is 2.17. The number of carbonyl (C=O) groups is 1. The van der Waals surface area contributed by atoms with Gasteiger partial charge in [-0.25, -0.2) is 0 Å². The van der Waals surface area contributed by atoms with Crippen LogP contribution in [0.4, 0.5) is 8.78 Å². The molecule has 2 N–H and O–H groups in total. The normalized spacial score (nSPS) is 17.4. The molecule has 21 heavy (non-hydrogen) atoms. The van der Waals surface area contributed by atoms with Crippen LogP contribution in [0.1, 0.15) is 23.2 Å². The number of para-hydroxylation sites is 1. The summed E-state index contributed by atoms with van der Waals surface area (Å²) in [5, 5.41) is 6.00. The number of carbonyl (C=O) groups excluding carboxylic acids is 1. The highest BCUT2D eigenvalue weighted by atomic mass is 35.5. The second-order valence-corrected chi connectivity index (χ2v) is 4.78. The van der Waals surface area contributed by atoms with E-state index >= 15 is 0 Å². The summed E-state index contributed by atoms with van der Waals surface area (Å²) in [5.74, 6) is 0.0950. The largest absolute Gasteiger partial charge is 0.434 e. The highest BCUT2D eigenvalue weighted by Crippen LogP contribution is 2.20. The molecule has 7 heteroatoms. The average Bonchev–Trinajstić information content (AvgIpc) is 2.91. The van der Waals surface area contributed by atoms with Crippen molar-refractivity contribution in [2.24, 2.45) is 5.92 Å². The summed E-state index contributed by atoms with van der Waals surface area (Å²) < 4.78 is 28.9. The molecule has 1 aliphatic heterocycles. The topological polar surface area (TPSA) is 50.4 Å². The molecule has 1 atom stereocenters. The monoisotopic (exact) mass is 320 g/mol. The minimum atomic E-state index is -2.94. The van der Waals surface area contributed by atoms with Crippen LogP contribution in [0.2, 0.25) is 0 Å². The van der Waals surface area contributed by atoms with Gasteiger partial charge in [0.05, 0.1) is 5.56 Å². The summed E-state index contributed by atoms with van der Waals surface area (Å²) in [7, 11) is 0. The number of hydrogen-bond donors (Lipinski definition) is 2. The van der Waals surface area contributed by atoms with E-state index in [4.69, 9.17) is 0 Å². The maximum Gasteiger partial charge on any atom is 0.387 e. The van der Waals surface area contributed by atoms with Gasteiger partial charge in [0.25, 0.3) is 5.91 Å². The van der Waals surface area contributed by atoms with Crippen LogP contribution in [0, 0.1) is 5.92 Å². The minimum absolute atomic E-state index is 0. The number of benzene rings is 1. The number of nitrogens with one attached hydrogen (secondary N) is 2. The van der Waals surface area contributed by atoms with Crippen LogP contribution < -0.4 is 15.4 Å². The SMILES string of the molecule is Cl.O=C(NCCC1CCNC1)c1ccccc1OC(F)F. The van der Waals surface area contributed by atoms with E-state index in [0.717, 1.165) is 25.9 Å². The number of rotatable bonds is 6. The van der Waals surface area contributed by atoms with Gasteiger partial charge in [-0.2, -0.15) is 8.78 Å². The third-order valence-electron chi connectivity index (χ3n) is 3.35. The first kappa shape index (κ1) is 17.7. The molecule has 0 spiro atoms. The molecule has 118 valence electrons. The van der Waals surface area contributed by atoms with Crippen LogP contribution in [-0.4, -0.2) is 32.2 Å². The number of halogens is 3. The van der Waals surface area contributed by atoms with Crippen molar-refractivity contribution < 1.29 is 18.3 Å². The molecule has 2 rings (SSSR count). The molecule has 1 aliphatic rings. The third kappa shape index (κ3) is 5.47. The Balaban J connectivity index is 0.00000220. The van der Waals surface area contributed by atoms with Gasteiger partial charge in [-0.15, -0.1) is 12.4 Å². The maximum absolute atomic E-state index is 12.3. The van der Waals surface area contributed by atoms with Crippen molar-refractivity contribution >= 4 is 18.3 Å². The van der Waals surface area contributed by atoms with E-state index in [2.05, 4.69) is 15.4 Å². The van der Waals surface area contributed by atoms with Crippen molar-refractivity contribution in [3.63, 3.8) is 0 Å². The van der Waals surface area contributed by atoms with Crippen LogP contribution >= 0.6 is 12.4 Å². The second-order valence-electron chi connectivity index (χ2n) is 4.78. The smallest absolute Gasteiger partial charge is 0.387 e. The first-order valence-corrected chi connectivity index (χ1v) is 6.69. The lowest BCUT2D eigenvalue weighted by Crippen LogP contribution is -2.27.